The number of hydrogen-bond acceptors (Lipinski definition) is 2. The first-order valence-corrected chi connectivity index (χ1v) is 5.74. The van der Waals surface area contributed by atoms with E-state index in [4.69, 9.17) is 5.73 Å². The molecule has 1 aliphatic carbocycles. The number of rotatable bonds is 3. The summed E-state index contributed by atoms with van der Waals surface area (Å²) in [5.74, 6) is 0.526. The number of halogens is 3. The van der Waals surface area contributed by atoms with Crippen LogP contribution in [0.5, 0.6) is 0 Å². The van der Waals surface area contributed by atoms with E-state index in [2.05, 4.69) is 6.92 Å². The highest BCUT2D eigenvalue weighted by Crippen LogP contribution is 2.31. The Bertz CT molecular complexity index is 230. The summed E-state index contributed by atoms with van der Waals surface area (Å²) in [6, 6.07) is 0. The lowest BCUT2D eigenvalue weighted by atomic mass is 9.77. The number of nitrogens with zero attached hydrogens (tertiary/aromatic N) is 1. The van der Waals surface area contributed by atoms with Gasteiger partial charge < -0.3 is 5.73 Å². The minimum absolute atomic E-state index is 0.330. The molecular weight excluding hydrogens is 217 g/mol. The van der Waals surface area contributed by atoms with E-state index in [1.807, 2.05) is 0 Å². The van der Waals surface area contributed by atoms with Gasteiger partial charge in [0.15, 0.2) is 0 Å². The Kier molecular flexibility index (Phi) is 4.23. The van der Waals surface area contributed by atoms with Crippen LogP contribution in [0.15, 0.2) is 0 Å². The zero-order chi connectivity index (χ0) is 12.4. The second-order valence-corrected chi connectivity index (χ2v) is 5.35. The third kappa shape index (κ3) is 4.70. The molecule has 0 aromatic rings. The fourth-order valence-corrected chi connectivity index (χ4v) is 2.74. The summed E-state index contributed by atoms with van der Waals surface area (Å²) >= 11 is 0. The molecule has 0 aliphatic heterocycles. The lowest BCUT2D eigenvalue weighted by molar-refractivity contribution is -0.144. The number of nitrogens with two attached hydrogens (primary N) is 1. The highest BCUT2D eigenvalue weighted by molar-refractivity contribution is 4.92. The summed E-state index contributed by atoms with van der Waals surface area (Å²) in [4.78, 5) is 1.29. The van der Waals surface area contributed by atoms with Crippen molar-refractivity contribution in [1.29, 1.82) is 0 Å². The van der Waals surface area contributed by atoms with Gasteiger partial charge in [-0.3, -0.25) is 4.90 Å². The molecule has 1 aliphatic rings. The molecule has 96 valence electrons. The fourth-order valence-electron chi connectivity index (χ4n) is 2.74. The van der Waals surface area contributed by atoms with Crippen molar-refractivity contribution >= 4 is 0 Å². The van der Waals surface area contributed by atoms with Crippen molar-refractivity contribution in [2.75, 3.05) is 20.1 Å². The molecular formula is C11H21F3N2. The van der Waals surface area contributed by atoms with Gasteiger partial charge in [-0.25, -0.2) is 0 Å². The van der Waals surface area contributed by atoms with Gasteiger partial charge in [-0.15, -0.1) is 0 Å². The molecule has 5 heteroatoms. The molecule has 2 unspecified atom stereocenters. The van der Waals surface area contributed by atoms with Crippen molar-refractivity contribution in [3.63, 3.8) is 0 Å². The third-order valence-corrected chi connectivity index (χ3v) is 3.16. The Hall–Kier alpha value is -0.290. The molecule has 0 bridgehead atoms. The second-order valence-electron chi connectivity index (χ2n) is 5.35. The van der Waals surface area contributed by atoms with E-state index in [9.17, 15) is 13.2 Å². The third-order valence-electron chi connectivity index (χ3n) is 3.16. The van der Waals surface area contributed by atoms with Crippen molar-refractivity contribution in [2.24, 2.45) is 11.7 Å². The maximum Gasteiger partial charge on any atom is 0.401 e. The molecule has 1 fully saturated rings. The van der Waals surface area contributed by atoms with Crippen LogP contribution in [-0.2, 0) is 0 Å². The van der Waals surface area contributed by atoms with Gasteiger partial charge in [-0.1, -0.05) is 19.8 Å². The minimum atomic E-state index is -4.13. The summed E-state index contributed by atoms with van der Waals surface area (Å²) < 4.78 is 36.5. The molecule has 2 atom stereocenters. The summed E-state index contributed by atoms with van der Waals surface area (Å²) in [5, 5.41) is 0. The second kappa shape index (κ2) is 4.92. The van der Waals surface area contributed by atoms with E-state index >= 15 is 0 Å². The van der Waals surface area contributed by atoms with Crippen LogP contribution in [0.3, 0.4) is 0 Å². The Morgan fingerprint density at radius 2 is 2.06 bits per heavy atom. The van der Waals surface area contributed by atoms with Crippen LogP contribution in [0.25, 0.3) is 0 Å². The Morgan fingerprint density at radius 3 is 2.56 bits per heavy atom. The molecule has 0 saturated heterocycles. The minimum Gasteiger partial charge on any atom is -0.324 e. The Balaban J connectivity index is 2.45. The van der Waals surface area contributed by atoms with Crippen LogP contribution in [0.1, 0.15) is 32.6 Å². The smallest absolute Gasteiger partial charge is 0.324 e. The molecule has 0 aromatic heterocycles. The quantitative estimate of drug-likeness (QED) is 0.818. The van der Waals surface area contributed by atoms with Crippen LogP contribution in [0.2, 0.25) is 0 Å². The lowest BCUT2D eigenvalue weighted by Crippen LogP contribution is -2.53. The Labute approximate surface area is 95.0 Å². The van der Waals surface area contributed by atoms with Gasteiger partial charge in [0.2, 0.25) is 0 Å². The lowest BCUT2D eigenvalue weighted by Gasteiger charge is -2.39. The number of hydrogen-bond donors (Lipinski definition) is 1. The molecule has 0 heterocycles. The first kappa shape index (κ1) is 13.8. The summed E-state index contributed by atoms with van der Waals surface area (Å²) in [5.41, 5.74) is 5.73. The van der Waals surface area contributed by atoms with Crippen LogP contribution in [0, 0.1) is 5.92 Å². The van der Waals surface area contributed by atoms with Gasteiger partial charge in [0, 0.05) is 12.1 Å². The Morgan fingerprint density at radius 1 is 1.44 bits per heavy atom. The monoisotopic (exact) mass is 238 g/mol. The van der Waals surface area contributed by atoms with E-state index in [0.717, 1.165) is 25.7 Å². The number of likely N-dealkylation sites (N-methyl/N-ethyl adjacent to an activating group) is 1. The molecule has 16 heavy (non-hydrogen) atoms. The maximum absolute atomic E-state index is 12.2. The zero-order valence-electron chi connectivity index (χ0n) is 9.98. The van der Waals surface area contributed by atoms with Gasteiger partial charge in [0.1, 0.15) is 0 Å². The molecule has 0 aromatic carbocycles. The summed E-state index contributed by atoms with van der Waals surface area (Å²) in [6.07, 6.45) is -0.306. The average Bonchev–Trinajstić information content (AvgIpc) is 1.96. The molecule has 0 radical (unpaired) electrons. The normalized spacial score (nSPS) is 32.1. The van der Waals surface area contributed by atoms with Crippen molar-refractivity contribution in [3.8, 4) is 0 Å². The fraction of sp³-hybridized carbons (Fsp3) is 1.00. The topological polar surface area (TPSA) is 29.3 Å². The van der Waals surface area contributed by atoms with Crippen molar-refractivity contribution < 1.29 is 13.2 Å². The largest absolute Gasteiger partial charge is 0.401 e. The highest BCUT2D eigenvalue weighted by atomic mass is 19.4. The van der Waals surface area contributed by atoms with Gasteiger partial charge in [-0.05, 0) is 25.8 Å². The maximum atomic E-state index is 12.2. The van der Waals surface area contributed by atoms with Gasteiger partial charge in [0.05, 0.1) is 6.54 Å². The molecule has 2 nitrogen and oxygen atoms in total. The van der Waals surface area contributed by atoms with E-state index < -0.39 is 18.3 Å². The van der Waals surface area contributed by atoms with Crippen molar-refractivity contribution in [1.82, 2.24) is 4.90 Å². The molecule has 1 saturated carbocycles. The molecule has 1 rings (SSSR count). The highest BCUT2D eigenvalue weighted by Gasteiger charge is 2.35. The predicted molar refractivity (Wildman–Crippen MR) is 58.1 cm³/mol. The van der Waals surface area contributed by atoms with E-state index in [1.165, 1.54) is 11.9 Å². The van der Waals surface area contributed by atoms with Crippen LogP contribution < -0.4 is 5.73 Å². The van der Waals surface area contributed by atoms with Crippen LogP contribution >= 0.6 is 0 Å². The van der Waals surface area contributed by atoms with E-state index in [0.29, 0.717) is 12.5 Å². The predicted octanol–water partition coefficient (Wildman–Crippen LogP) is 2.39. The van der Waals surface area contributed by atoms with E-state index in [1.54, 1.807) is 0 Å². The van der Waals surface area contributed by atoms with Gasteiger partial charge >= 0.3 is 6.18 Å². The molecule has 0 spiro atoms. The van der Waals surface area contributed by atoms with Crippen LogP contribution in [-0.4, -0.2) is 36.8 Å². The van der Waals surface area contributed by atoms with E-state index in [-0.39, 0.29) is 0 Å². The molecule has 0 amide bonds. The van der Waals surface area contributed by atoms with Crippen molar-refractivity contribution in [2.45, 2.75) is 44.3 Å². The van der Waals surface area contributed by atoms with Crippen molar-refractivity contribution in [3.05, 3.63) is 0 Å². The summed E-state index contributed by atoms with van der Waals surface area (Å²) in [6.45, 7) is 1.57. The first-order valence-electron chi connectivity index (χ1n) is 5.74. The first-order chi connectivity index (χ1) is 7.20. The zero-order valence-corrected chi connectivity index (χ0v) is 9.98. The summed E-state index contributed by atoms with van der Waals surface area (Å²) in [7, 11) is 1.49. The van der Waals surface area contributed by atoms with Crippen LogP contribution in [0.4, 0.5) is 13.2 Å². The SMILES string of the molecule is CC1CCCC(N)(CN(C)CC(F)(F)F)C1. The molecule has 2 N–H and O–H groups in total. The number of alkyl halides is 3. The van der Waals surface area contributed by atoms with Gasteiger partial charge in [0.25, 0.3) is 0 Å². The van der Waals surface area contributed by atoms with Gasteiger partial charge in [-0.2, -0.15) is 13.2 Å². The average molecular weight is 238 g/mol. The standard InChI is InChI=1S/C11H21F3N2/c1-9-4-3-5-10(15,6-9)7-16(2)8-11(12,13)14/h9H,3-8,15H2,1-2H3.